The van der Waals surface area contributed by atoms with E-state index in [1.54, 1.807) is 0 Å². The van der Waals surface area contributed by atoms with Gasteiger partial charge in [0.05, 0.1) is 11.0 Å². The maximum atomic E-state index is 11.2. The highest BCUT2D eigenvalue weighted by atomic mass is 35.5. The molecule has 104 valence electrons. The van der Waals surface area contributed by atoms with Gasteiger partial charge in [-0.3, -0.25) is 14.9 Å². The quantitative estimate of drug-likeness (QED) is 0.615. The molecule has 6 nitrogen and oxygen atoms in total. The smallest absolute Gasteiger partial charge is 0.273 e. The third-order valence-corrected chi connectivity index (χ3v) is 2.96. The minimum absolute atomic E-state index is 0.00394. The molecular formula is C12H16ClN3O3. The molecule has 0 radical (unpaired) electrons. The molecule has 0 saturated heterocycles. The molecule has 0 aliphatic rings. The molecule has 0 heterocycles. The van der Waals surface area contributed by atoms with Gasteiger partial charge in [-0.15, -0.1) is 0 Å². The second-order valence-electron chi connectivity index (χ2n) is 4.54. The predicted octanol–water partition coefficient (Wildman–Crippen LogP) is 1.85. The summed E-state index contributed by atoms with van der Waals surface area (Å²) >= 11 is 5.82. The molecule has 1 aromatic rings. The van der Waals surface area contributed by atoms with Gasteiger partial charge in [0.1, 0.15) is 0 Å². The lowest BCUT2D eigenvalue weighted by molar-refractivity contribution is -0.385. The first kappa shape index (κ1) is 15.4. The maximum absolute atomic E-state index is 11.2. The number of benzene rings is 1. The number of halogens is 1. The number of nitrogens with two attached hydrogens (primary N) is 1. The highest BCUT2D eigenvalue weighted by molar-refractivity contribution is 6.30. The van der Waals surface area contributed by atoms with Crippen molar-refractivity contribution in [2.24, 2.45) is 11.7 Å². The average Bonchev–Trinajstić information content (AvgIpc) is 2.27. The summed E-state index contributed by atoms with van der Waals surface area (Å²) in [4.78, 5) is 21.7. The number of hydrogen-bond donors (Lipinski definition) is 2. The van der Waals surface area contributed by atoms with Crippen molar-refractivity contribution >= 4 is 23.2 Å². The van der Waals surface area contributed by atoms with Crippen LogP contribution in [0.1, 0.15) is 19.4 Å². The van der Waals surface area contributed by atoms with Crippen LogP contribution in [0.5, 0.6) is 0 Å². The zero-order valence-electron chi connectivity index (χ0n) is 10.7. The van der Waals surface area contributed by atoms with Gasteiger partial charge in [-0.1, -0.05) is 25.4 Å². The highest BCUT2D eigenvalue weighted by Crippen LogP contribution is 2.22. The number of nitro groups is 1. The number of rotatable bonds is 6. The third-order valence-electron chi connectivity index (χ3n) is 2.72. The van der Waals surface area contributed by atoms with E-state index < -0.39 is 16.9 Å². The topological polar surface area (TPSA) is 98.3 Å². The van der Waals surface area contributed by atoms with Gasteiger partial charge in [0.25, 0.3) is 5.69 Å². The summed E-state index contributed by atoms with van der Waals surface area (Å²) in [5.41, 5.74) is 5.65. The van der Waals surface area contributed by atoms with Crippen LogP contribution < -0.4 is 11.1 Å². The van der Waals surface area contributed by atoms with Gasteiger partial charge >= 0.3 is 0 Å². The summed E-state index contributed by atoms with van der Waals surface area (Å²) in [6, 6.07) is 3.76. The number of nitro benzene ring substituents is 1. The average molecular weight is 286 g/mol. The minimum atomic E-state index is -0.543. The molecule has 7 heteroatoms. The summed E-state index contributed by atoms with van der Waals surface area (Å²) in [7, 11) is 0. The number of carbonyl (C=O) groups excluding carboxylic acids is 1. The molecule has 1 rings (SSSR count). The molecule has 19 heavy (non-hydrogen) atoms. The van der Waals surface area contributed by atoms with Crippen molar-refractivity contribution in [1.82, 2.24) is 5.32 Å². The Balaban J connectivity index is 2.90. The number of primary amides is 1. The Morgan fingerprint density at radius 2 is 2.16 bits per heavy atom. The molecule has 0 aliphatic heterocycles. The molecule has 1 unspecified atom stereocenters. The molecule has 1 amide bonds. The van der Waals surface area contributed by atoms with Gasteiger partial charge in [0.2, 0.25) is 5.91 Å². The first-order chi connectivity index (χ1) is 8.82. The van der Waals surface area contributed by atoms with Crippen molar-refractivity contribution in [2.75, 3.05) is 0 Å². The summed E-state index contributed by atoms with van der Waals surface area (Å²) in [6.45, 7) is 3.84. The lowest BCUT2D eigenvalue weighted by Gasteiger charge is -2.18. The first-order valence-electron chi connectivity index (χ1n) is 5.78. The second-order valence-corrected chi connectivity index (χ2v) is 4.97. The molecule has 0 aromatic heterocycles. The Morgan fingerprint density at radius 1 is 1.53 bits per heavy atom. The number of nitrogens with zero attached hydrogens (tertiary/aromatic N) is 1. The van der Waals surface area contributed by atoms with Crippen molar-refractivity contribution in [3.8, 4) is 0 Å². The molecule has 1 aromatic carbocycles. The van der Waals surface area contributed by atoms with E-state index in [1.807, 2.05) is 13.8 Å². The SMILES string of the molecule is CC(C)C(NCc1cc(Cl)ccc1[N+](=O)[O-])C(N)=O. The van der Waals surface area contributed by atoms with Gasteiger partial charge in [-0.25, -0.2) is 0 Å². The minimum Gasteiger partial charge on any atom is -0.368 e. The Labute approximate surface area is 116 Å². The monoisotopic (exact) mass is 285 g/mol. The summed E-state index contributed by atoms with van der Waals surface area (Å²) in [5, 5.41) is 14.2. The third kappa shape index (κ3) is 4.18. The Morgan fingerprint density at radius 3 is 2.63 bits per heavy atom. The van der Waals surface area contributed by atoms with E-state index in [1.165, 1.54) is 18.2 Å². The van der Waals surface area contributed by atoms with Gasteiger partial charge in [-0.2, -0.15) is 0 Å². The molecule has 1 atom stereocenters. The molecular weight excluding hydrogens is 270 g/mol. The number of amides is 1. The van der Waals surface area contributed by atoms with E-state index >= 15 is 0 Å². The van der Waals surface area contributed by atoms with Crippen LogP contribution in [0.4, 0.5) is 5.69 Å². The van der Waals surface area contributed by atoms with Crippen molar-refractivity contribution in [3.63, 3.8) is 0 Å². The van der Waals surface area contributed by atoms with Gasteiger partial charge in [0.15, 0.2) is 0 Å². The fraction of sp³-hybridized carbons (Fsp3) is 0.417. The lowest BCUT2D eigenvalue weighted by atomic mass is 10.0. The zero-order valence-corrected chi connectivity index (χ0v) is 11.5. The number of carbonyl (C=O) groups is 1. The predicted molar refractivity (Wildman–Crippen MR) is 72.8 cm³/mol. The van der Waals surface area contributed by atoms with E-state index in [9.17, 15) is 14.9 Å². The van der Waals surface area contributed by atoms with Crippen LogP contribution >= 0.6 is 11.6 Å². The Kier molecular flexibility index (Phi) is 5.26. The van der Waals surface area contributed by atoms with Crippen LogP contribution in [-0.4, -0.2) is 16.9 Å². The first-order valence-corrected chi connectivity index (χ1v) is 6.16. The molecule has 3 N–H and O–H groups in total. The van der Waals surface area contributed by atoms with E-state index in [2.05, 4.69) is 5.32 Å². The standard InChI is InChI=1S/C12H16ClN3O3/c1-7(2)11(12(14)17)15-6-8-5-9(13)3-4-10(8)16(18)19/h3-5,7,11,15H,6H2,1-2H3,(H2,14,17). The highest BCUT2D eigenvalue weighted by Gasteiger charge is 2.21. The number of hydrogen-bond acceptors (Lipinski definition) is 4. The molecule has 0 fully saturated rings. The van der Waals surface area contributed by atoms with Crippen LogP contribution in [0.3, 0.4) is 0 Å². The summed E-state index contributed by atoms with van der Waals surface area (Å²) in [6.07, 6.45) is 0. The second kappa shape index (κ2) is 6.49. The fourth-order valence-electron chi connectivity index (χ4n) is 1.76. The van der Waals surface area contributed by atoms with E-state index in [4.69, 9.17) is 17.3 Å². The van der Waals surface area contributed by atoms with Crippen LogP contribution in [-0.2, 0) is 11.3 Å². The zero-order chi connectivity index (χ0) is 14.6. The van der Waals surface area contributed by atoms with Crippen LogP contribution in [0.2, 0.25) is 5.02 Å². The van der Waals surface area contributed by atoms with Crippen molar-refractivity contribution in [3.05, 3.63) is 38.9 Å². The van der Waals surface area contributed by atoms with E-state index in [0.29, 0.717) is 10.6 Å². The van der Waals surface area contributed by atoms with Crippen LogP contribution in [0, 0.1) is 16.0 Å². The summed E-state index contributed by atoms with van der Waals surface area (Å²) < 4.78 is 0. The van der Waals surface area contributed by atoms with Crippen LogP contribution in [0.15, 0.2) is 18.2 Å². The normalized spacial score (nSPS) is 12.4. The van der Waals surface area contributed by atoms with Crippen molar-refractivity contribution in [1.29, 1.82) is 0 Å². The molecule has 0 aliphatic carbocycles. The molecule has 0 spiro atoms. The lowest BCUT2D eigenvalue weighted by Crippen LogP contribution is -2.44. The van der Waals surface area contributed by atoms with Crippen molar-refractivity contribution in [2.45, 2.75) is 26.4 Å². The molecule has 0 saturated carbocycles. The fourth-order valence-corrected chi connectivity index (χ4v) is 1.95. The van der Waals surface area contributed by atoms with E-state index in [0.717, 1.165) is 0 Å². The van der Waals surface area contributed by atoms with Crippen molar-refractivity contribution < 1.29 is 9.72 Å². The summed E-state index contributed by atoms with van der Waals surface area (Å²) in [5.74, 6) is -0.490. The van der Waals surface area contributed by atoms with Gasteiger partial charge < -0.3 is 11.1 Å². The Bertz CT molecular complexity index is 491. The van der Waals surface area contributed by atoms with Crippen LogP contribution in [0.25, 0.3) is 0 Å². The van der Waals surface area contributed by atoms with Gasteiger partial charge in [0, 0.05) is 23.2 Å². The largest absolute Gasteiger partial charge is 0.368 e. The van der Waals surface area contributed by atoms with Gasteiger partial charge in [-0.05, 0) is 18.1 Å². The maximum Gasteiger partial charge on any atom is 0.273 e. The molecule has 0 bridgehead atoms. The van der Waals surface area contributed by atoms with E-state index in [-0.39, 0.29) is 18.2 Å². The number of nitrogens with one attached hydrogen (secondary N) is 1. The Hall–Kier alpha value is -1.66.